The number of rotatable bonds is 6. The number of carbonyl (C=O) groups is 1. The number of hydrogen-bond acceptors (Lipinski definition) is 6. The monoisotopic (exact) mass is 286 g/mol. The molecular weight excluding hydrogens is 268 g/mol. The Kier molecular flexibility index (Phi) is 4.17. The molecule has 0 atom stereocenters. The van der Waals surface area contributed by atoms with Crippen molar-refractivity contribution in [2.45, 2.75) is 31.4 Å². The molecule has 0 unspecified atom stereocenters. The van der Waals surface area contributed by atoms with Crippen LogP contribution in [0, 0.1) is 6.92 Å². The van der Waals surface area contributed by atoms with Gasteiger partial charge in [0.2, 0.25) is 0 Å². The summed E-state index contributed by atoms with van der Waals surface area (Å²) < 4.78 is 5.39. The molecular formula is C12H18N2O2S2. The highest BCUT2D eigenvalue weighted by Gasteiger charge is 2.41. The van der Waals surface area contributed by atoms with Gasteiger partial charge < -0.3 is 10.1 Å². The Hall–Kier alpha value is -0.750. The van der Waals surface area contributed by atoms with Crippen LogP contribution in [0.4, 0.5) is 5.13 Å². The lowest BCUT2D eigenvalue weighted by atomic mass is 10.4. The Morgan fingerprint density at radius 2 is 2.33 bits per heavy atom. The zero-order valence-corrected chi connectivity index (χ0v) is 12.5. The normalized spacial score (nSPS) is 16.4. The molecule has 1 N–H and O–H groups in total. The number of aromatic nitrogens is 1. The summed E-state index contributed by atoms with van der Waals surface area (Å²) in [5.41, 5.74) is 0.745. The summed E-state index contributed by atoms with van der Waals surface area (Å²) in [6.07, 6.45) is 4.67. The Morgan fingerprint density at radius 3 is 2.89 bits per heavy atom. The van der Waals surface area contributed by atoms with Crippen LogP contribution in [0.2, 0.25) is 0 Å². The van der Waals surface area contributed by atoms with Crippen molar-refractivity contribution in [3.63, 3.8) is 0 Å². The molecule has 1 fully saturated rings. The van der Waals surface area contributed by atoms with Crippen molar-refractivity contribution in [2.75, 3.05) is 24.7 Å². The lowest BCUT2D eigenvalue weighted by molar-refractivity contribution is 0.0531. The summed E-state index contributed by atoms with van der Waals surface area (Å²) in [7, 11) is 0. The predicted molar refractivity (Wildman–Crippen MR) is 76.8 cm³/mol. The number of ether oxygens (including phenoxy) is 1. The van der Waals surface area contributed by atoms with Gasteiger partial charge in [-0.25, -0.2) is 9.78 Å². The highest BCUT2D eigenvalue weighted by molar-refractivity contribution is 8.00. The van der Waals surface area contributed by atoms with Crippen molar-refractivity contribution >= 4 is 34.2 Å². The summed E-state index contributed by atoms with van der Waals surface area (Å²) in [5.74, 6) is -0.272. The third kappa shape index (κ3) is 2.98. The molecule has 1 aromatic heterocycles. The highest BCUT2D eigenvalue weighted by atomic mass is 32.2. The Morgan fingerprint density at radius 1 is 1.61 bits per heavy atom. The first-order valence-electron chi connectivity index (χ1n) is 6.04. The molecule has 0 bridgehead atoms. The smallest absolute Gasteiger partial charge is 0.350 e. The molecule has 0 amide bonds. The molecule has 0 saturated heterocycles. The predicted octanol–water partition coefficient (Wildman–Crippen LogP) is 2.94. The summed E-state index contributed by atoms with van der Waals surface area (Å²) in [5, 5.41) is 4.15. The number of anilines is 1. The van der Waals surface area contributed by atoms with E-state index in [1.807, 2.05) is 25.6 Å². The molecule has 1 heterocycles. The standard InChI is InChI=1S/C12H18N2O2S2/c1-4-16-10(15)9-8(2)14-11(18-9)13-7-12(17-3)5-6-12/h4-7H2,1-3H3,(H,13,14). The second-order valence-corrected chi connectivity index (χ2v) is 6.67. The van der Waals surface area contributed by atoms with Gasteiger partial charge in [0.25, 0.3) is 0 Å². The zero-order valence-electron chi connectivity index (χ0n) is 10.9. The molecule has 2 rings (SSSR count). The molecule has 1 aliphatic rings. The number of nitrogens with one attached hydrogen (secondary N) is 1. The zero-order chi connectivity index (χ0) is 13.2. The number of aryl methyl sites for hydroxylation is 1. The molecule has 1 saturated carbocycles. The maximum atomic E-state index is 11.7. The van der Waals surface area contributed by atoms with Crippen LogP contribution in [-0.4, -0.2) is 35.1 Å². The van der Waals surface area contributed by atoms with Crippen LogP contribution in [0.1, 0.15) is 35.1 Å². The van der Waals surface area contributed by atoms with Crippen LogP contribution < -0.4 is 5.32 Å². The van der Waals surface area contributed by atoms with Gasteiger partial charge in [-0.15, -0.1) is 0 Å². The van der Waals surface area contributed by atoms with Gasteiger partial charge in [0, 0.05) is 11.3 Å². The van der Waals surface area contributed by atoms with Crippen LogP contribution >= 0.6 is 23.1 Å². The van der Waals surface area contributed by atoms with Gasteiger partial charge in [-0.05, 0) is 32.9 Å². The van der Waals surface area contributed by atoms with Gasteiger partial charge in [-0.1, -0.05) is 11.3 Å². The van der Waals surface area contributed by atoms with Gasteiger partial charge in [-0.2, -0.15) is 11.8 Å². The van der Waals surface area contributed by atoms with Gasteiger partial charge in [0.05, 0.1) is 12.3 Å². The van der Waals surface area contributed by atoms with Crippen LogP contribution in [0.15, 0.2) is 0 Å². The Labute approximate surface area is 116 Å². The lowest BCUT2D eigenvalue weighted by Crippen LogP contribution is -2.17. The largest absolute Gasteiger partial charge is 0.462 e. The number of hydrogen-bond donors (Lipinski definition) is 1. The quantitative estimate of drug-likeness (QED) is 0.815. The first-order chi connectivity index (χ1) is 8.60. The second-order valence-electron chi connectivity index (χ2n) is 4.39. The molecule has 0 spiro atoms. The van der Waals surface area contributed by atoms with Gasteiger partial charge in [0.15, 0.2) is 5.13 Å². The summed E-state index contributed by atoms with van der Waals surface area (Å²) in [6.45, 7) is 4.97. The van der Waals surface area contributed by atoms with Crippen LogP contribution in [0.25, 0.3) is 0 Å². The SMILES string of the molecule is CCOC(=O)c1sc(NCC2(SC)CC2)nc1C. The maximum absolute atomic E-state index is 11.7. The van der Waals surface area contributed by atoms with Gasteiger partial charge in [-0.3, -0.25) is 0 Å². The lowest BCUT2D eigenvalue weighted by Gasteiger charge is -2.11. The van der Waals surface area contributed by atoms with Crippen LogP contribution in [0.3, 0.4) is 0 Å². The summed E-state index contributed by atoms with van der Waals surface area (Å²) in [4.78, 5) is 16.6. The van der Waals surface area contributed by atoms with E-state index in [0.29, 0.717) is 16.2 Å². The van der Waals surface area contributed by atoms with Crippen LogP contribution in [0.5, 0.6) is 0 Å². The third-order valence-electron chi connectivity index (χ3n) is 3.06. The Balaban J connectivity index is 1.98. The van der Waals surface area contributed by atoms with Crippen molar-refractivity contribution < 1.29 is 9.53 Å². The van der Waals surface area contributed by atoms with E-state index in [2.05, 4.69) is 16.6 Å². The van der Waals surface area contributed by atoms with E-state index in [1.165, 1.54) is 24.2 Å². The molecule has 6 heteroatoms. The van der Waals surface area contributed by atoms with Crippen molar-refractivity contribution in [1.29, 1.82) is 0 Å². The molecule has 1 aliphatic carbocycles. The highest BCUT2D eigenvalue weighted by Crippen LogP contribution is 2.47. The fourth-order valence-electron chi connectivity index (χ4n) is 1.69. The van der Waals surface area contributed by atoms with E-state index in [9.17, 15) is 4.79 Å². The van der Waals surface area contributed by atoms with E-state index >= 15 is 0 Å². The average Bonchev–Trinajstić information content (AvgIpc) is 3.04. The van der Waals surface area contributed by atoms with Crippen molar-refractivity contribution in [3.8, 4) is 0 Å². The number of nitrogens with zero attached hydrogens (tertiary/aromatic N) is 1. The van der Waals surface area contributed by atoms with Crippen molar-refractivity contribution in [1.82, 2.24) is 4.98 Å². The third-order valence-corrected chi connectivity index (χ3v) is 5.57. The topological polar surface area (TPSA) is 51.2 Å². The number of thioether (sulfide) groups is 1. The van der Waals surface area contributed by atoms with E-state index in [-0.39, 0.29) is 5.97 Å². The minimum atomic E-state index is -0.272. The minimum Gasteiger partial charge on any atom is -0.462 e. The van der Waals surface area contributed by atoms with E-state index in [0.717, 1.165) is 17.4 Å². The molecule has 0 aliphatic heterocycles. The molecule has 100 valence electrons. The average molecular weight is 286 g/mol. The fraction of sp³-hybridized carbons (Fsp3) is 0.667. The second kappa shape index (κ2) is 5.48. The maximum Gasteiger partial charge on any atom is 0.350 e. The first kappa shape index (κ1) is 13.7. The molecule has 0 radical (unpaired) electrons. The number of esters is 1. The van der Waals surface area contributed by atoms with E-state index < -0.39 is 0 Å². The van der Waals surface area contributed by atoms with Crippen LogP contribution in [-0.2, 0) is 4.74 Å². The number of thiazole rings is 1. The fourth-order valence-corrected chi connectivity index (χ4v) is 3.27. The Bertz CT molecular complexity index is 441. The van der Waals surface area contributed by atoms with Gasteiger partial charge in [0.1, 0.15) is 4.88 Å². The number of carbonyl (C=O) groups excluding carboxylic acids is 1. The first-order valence-corrected chi connectivity index (χ1v) is 8.08. The summed E-state index contributed by atoms with van der Waals surface area (Å²) >= 11 is 3.29. The van der Waals surface area contributed by atoms with E-state index in [4.69, 9.17) is 4.74 Å². The molecule has 4 nitrogen and oxygen atoms in total. The molecule has 1 aromatic rings. The minimum absolute atomic E-state index is 0.272. The van der Waals surface area contributed by atoms with Crippen molar-refractivity contribution in [3.05, 3.63) is 10.6 Å². The van der Waals surface area contributed by atoms with Crippen molar-refractivity contribution in [2.24, 2.45) is 0 Å². The van der Waals surface area contributed by atoms with E-state index in [1.54, 1.807) is 0 Å². The molecule has 0 aromatic carbocycles. The summed E-state index contributed by atoms with van der Waals surface area (Å²) in [6, 6.07) is 0. The van der Waals surface area contributed by atoms with Gasteiger partial charge >= 0.3 is 5.97 Å². The molecule has 18 heavy (non-hydrogen) atoms.